The highest BCUT2D eigenvalue weighted by atomic mass is 32.2. The van der Waals surface area contributed by atoms with Crippen molar-refractivity contribution in [2.75, 3.05) is 12.0 Å². The molecule has 0 aromatic rings. The van der Waals surface area contributed by atoms with Gasteiger partial charge in [0.2, 0.25) is 5.91 Å². The van der Waals surface area contributed by atoms with E-state index >= 15 is 0 Å². The van der Waals surface area contributed by atoms with Crippen LogP contribution in [0.5, 0.6) is 0 Å². The molecule has 0 rings (SSSR count). The molecule has 0 aromatic carbocycles. The van der Waals surface area contributed by atoms with E-state index in [1.54, 1.807) is 20.8 Å². The van der Waals surface area contributed by atoms with Crippen molar-refractivity contribution in [3.05, 3.63) is 0 Å². The minimum Gasteiger partial charge on any atom is -0.480 e. The number of nitrogens with one attached hydrogen (secondary N) is 1. The number of sulfone groups is 1. The summed E-state index contributed by atoms with van der Waals surface area (Å²) in [6.07, 6.45) is 0.0732. The molecular weight excluding hydrogens is 302 g/mol. The summed E-state index contributed by atoms with van der Waals surface area (Å²) in [5, 5.41) is 11.1. The number of ether oxygens (including phenoxy) is 1. The van der Waals surface area contributed by atoms with Crippen LogP contribution in [0.3, 0.4) is 0 Å². The quantitative estimate of drug-likeness (QED) is 0.617. The van der Waals surface area contributed by atoms with Crippen molar-refractivity contribution in [3.63, 3.8) is 0 Å². The molecular formula is C12H21NO7S. The first-order valence-corrected chi connectivity index (χ1v) is 8.28. The zero-order chi connectivity index (χ0) is 16.8. The maximum atomic E-state index is 11.5. The van der Waals surface area contributed by atoms with E-state index in [0.29, 0.717) is 0 Å². The monoisotopic (exact) mass is 323 g/mol. The number of carbonyl (C=O) groups excluding carboxylic acids is 2. The molecule has 0 spiro atoms. The van der Waals surface area contributed by atoms with E-state index in [-0.39, 0.29) is 6.42 Å². The molecule has 0 aliphatic heterocycles. The van der Waals surface area contributed by atoms with E-state index in [4.69, 9.17) is 9.84 Å². The van der Waals surface area contributed by atoms with Crippen molar-refractivity contribution < 1.29 is 32.6 Å². The number of carbonyl (C=O) groups is 3. The van der Waals surface area contributed by atoms with E-state index in [9.17, 15) is 22.8 Å². The van der Waals surface area contributed by atoms with Crippen molar-refractivity contribution in [2.45, 2.75) is 45.3 Å². The highest BCUT2D eigenvalue weighted by Gasteiger charge is 2.26. The Morgan fingerprint density at radius 3 is 2.14 bits per heavy atom. The molecule has 122 valence electrons. The fourth-order valence-electron chi connectivity index (χ4n) is 1.29. The zero-order valence-corrected chi connectivity index (χ0v) is 13.3. The highest BCUT2D eigenvalue weighted by molar-refractivity contribution is 7.90. The van der Waals surface area contributed by atoms with Gasteiger partial charge in [0.25, 0.3) is 0 Å². The maximum Gasteiger partial charge on any atom is 0.326 e. The Morgan fingerprint density at radius 1 is 1.24 bits per heavy atom. The lowest BCUT2D eigenvalue weighted by atomic mass is 10.1. The molecule has 0 aliphatic rings. The van der Waals surface area contributed by atoms with Gasteiger partial charge in [0.05, 0.1) is 12.2 Å². The first-order valence-electron chi connectivity index (χ1n) is 6.22. The molecule has 0 aliphatic carbocycles. The topological polar surface area (TPSA) is 127 Å². The summed E-state index contributed by atoms with van der Waals surface area (Å²) in [5.74, 6) is -3.30. The third-order valence-electron chi connectivity index (χ3n) is 2.12. The first-order chi connectivity index (χ1) is 9.30. The Kier molecular flexibility index (Phi) is 6.81. The summed E-state index contributed by atoms with van der Waals surface area (Å²) in [6.45, 7) is 4.89. The normalized spacial score (nSPS) is 13.3. The summed E-state index contributed by atoms with van der Waals surface area (Å²) < 4.78 is 26.8. The van der Waals surface area contributed by atoms with E-state index < -0.39 is 51.5 Å². The lowest BCUT2D eigenvalue weighted by Crippen LogP contribution is -2.43. The molecule has 0 bridgehead atoms. The standard InChI is InChI=1S/C12H21NO7S/c1-12(2,3)20-10(15)7-8(11(16)17)13-9(14)5-6-21(4,18)19/h8H,5-7H2,1-4H3,(H,13,14)(H,16,17)/t8-/m0/s1. The number of hydrogen-bond acceptors (Lipinski definition) is 6. The number of aliphatic carboxylic acids is 1. The summed E-state index contributed by atoms with van der Waals surface area (Å²) in [6, 6.07) is -1.45. The van der Waals surface area contributed by atoms with Crippen molar-refractivity contribution in [1.82, 2.24) is 5.32 Å². The van der Waals surface area contributed by atoms with Crippen LogP contribution < -0.4 is 5.32 Å². The lowest BCUT2D eigenvalue weighted by molar-refractivity contribution is -0.158. The average molecular weight is 323 g/mol. The van der Waals surface area contributed by atoms with Crippen molar-refractivity contribution in [1.29, 1.82) is 0 Å². The molecule has 1 atom stereocenters. The molecule has 0 unspecified atom stereocenters. The van der Waals surface area contributed by atoms with E-state index in [1.165, 1.54) is 0 Å². The fourth-order valence-corrected chi connectivity index (χ4v) is 1.85. The van der Waals surface area contributed by atoms with Gasteiger partial charge in [0.1, 0.15) is 21.5 Å². The van der Waals surface area contributed by atoms with E-state index in [2.05, 4.69) is 5.32 Å². The Balaban J connectivity index is 4.54. The predicted molar refractivity (Wildman–Crippen MR) is 74.4 cm³/mol. The first kappa shape index (κ1) is 19.4. The lowest BCUT2D eigenvalue weighted by Gasteiger charge is -2.21. The number of esters is 1. The maximum absolute atomic E-state index is 11.5. The minimum absolute atomic E-state index is 0.364. The molecule has 0 aromatic heterocycles. The Bertz CT molecular complexity index is 504. The number of rotatable bonds is 7. The smallest absolute Gasteiger partial charge is 0.326 e. The zero-order valence-electron chi connectivity index (χ0n) is 12.5. The molecule has 1 amide bonds. The van der Waals surface area contributed by atoms with Crippen LogP contribution in [0.25, 0.3) is 0 Å². The van der Waals surface area contributed by atoms with Crippen LogP contribution in [-0.2, 0) is 29.0 Å². The summed E-state index contributed by atoms with van der Waals surface area (Å²) in [5.41, 5.74) is -0.763. The van der Waals surface area contributed by atoms with Gasteiger partial charge in [-0.25, -0.2) is 13.2 Å². The minimum atomic E-state index is -3.32. The van der Waals surface area contributed by atoms with E-state index in [1.807, 2.05) is 0 Å². The second-order valence-electron chi connectivity index (χ2n) is 5.63. The average Bonchev–Trinajstić information content (AvgIpc) is 2.21. The molecule has 9 heteroatoms. The Labute approximate surface area is 123 Å². The number of hydrogen-bond donors (Lipinski definition) is 2. The van der Waals surface area contributed by atoms with Crippen LogP contribution in [-0.4, -0.2) is 55.0 Å². The van der Waals surface area contributed by atoms with Gasteiger partial charge in [0, 0.05) is 12.7 Å². The van der Waals surface area contributed by atoms with Gasteiger partial charge < -0.3 is 15.2 Å². The van der Waals surface area contributed by atoms with Crippen molar-refractivity contribution in [3.8, 4) is 0 Å². The van der Waals surface area contributed by atoms with Crippen LogP contribution in [0, 0.1) is 0 Å². The van der Waals surface area contributed by atoms with Gasteiger partial charge in [0.15, 0.2) is 0 Å². The Morgan fingerprint density at radius 2 is 1.76 bits per heavy atom. The second kappa shape index (κ2) is 7.39. The molecule has 0 fully saturated rings. The van der Waals surface area contributed by atoms with Crippen molar-refractivity contribution >= 4 is 27.7 Å². The molecule has 8 nitrogen and oxygen atoms in total. The van der Waals surface area contributed by atoms with Gasteiger partial charge in [-0.05, 0) is 20.8 Å². The van der Waals surface area contributed by atoms with Gasteiger partial charge in [-0.3, -0.25) is 9.59 Å². The molecule has 21 heavy (non-hydrogen) atoms. The molecule has 0 saturated heterocycles. The Hall–Kier alpha value is -1.64. The second-order valence-corrected chi connectivity index (χ2v) is 7.89. The fraction of sp³-hybridized carbons (Fsp3) is 0.750. The van der Waals surface area contributed by atoms with Crippen LogP contribution in [0.1, 0.15) is 33.6 Å². The van der Waals surface area contributed by atoms with Crippen LogP contribution in [0.4, 0.5) is 0 Å². The van der Waals surface area contributed by atoms with Gasteiger partial charge in [-0.1, -0.05) is 0 Å². The van der Waals surface area contributed by atoms with E-state index in [0.717, 1.165) is 6.26 Å². The molecule has 0 saturated carbocycles. The molecule has 0 heterocycles. The van der Waals surface area contributed by atoms with Crippen LogP contribution >= 0.6 is 0 Å². The highest BCUT2D eigenvalue weighted by Crippen LogP contribution is 2.09. The summed E-state index contributed by atoms with van der Waals surface area (Å²) >= 11 is 0. The third-order valence-corrected chi connectivity index (χ3v) is 3.07. The van der Waals surface area contributed by atoms with Gasteiger partial charge in [-0.15, -0.1) is 0 Å². The number of carboxylic acids is 1. The largest absolute Gasteiger partial charge is 0.480 e. The van der Waals surface area contributed by atoms with Gasteiger partial charge in [-0.2, -0.15) is 0 Å². The van der Waals surface area contributed by atoms with Gasteiger partial charge >= 0.3 is 11.9 Å². The number of amides is 1. The SMILES string of the molecule is CC(C)(C)OC(=O)C[C@H](NC(=O)CCS(C)(=O)=O)C(=O)O. The molecule has 0 radical (unpaired) electrons. The summed E-state index contributed by atoms with van der Waals surface area (Å²) in [4.78, 5) is 34.0. The number of carboxylic acid groups (broad SMARTS) is 1. The third kappa shape index (κ3) is 10.8. The van der Waals surface area contributed by atoms with Crippen molar-refractivity contribution in [2.24, 2.45) is 0 Å². The summed E-state index contributed by atoms with van der Waals surface area (Å²) in [7, 11) is -3.32. The van der Waals surface area contributed by atoms with Crippen LogP contribution in [0.15, 0.2) is 0 Å². The predicted octanol–water partition coefficient (Wildman–Crippen LogP) is -0.278. The van der Waals surface area contributed by atoms with Crippen LogP contribution in [0.2, 0.25) is 0 Å². The molecule has 2 N–H and O–H groups in total.